The zero-order valence-corrected chi connectivity index (χ0v) is 9.81. The molecule has 0 atom stereocenters. The quantitative estimate of drug-likeness (QED) is 0.909. The molecule has 1 aromatic heterocycles. The van der Waals surface area contributed by atoms with Crippen LogP contribution in [0.2, 0.25) is 0 Å². The van der Waals surface area contributed by atoms with Crippen LogP contribution in [-0.2, 0) is 6.42 Å². The fraction of sp³-hybridized carbons (Fsp3) is 0.100. The lowest BCUT2D eigenvalue weighted by Crippen LogP contribution is -1.89. The van der Waals surface area contributed by atoms with Crippen molar-refractivity contribution in [1.29, 1.82) is 0 Å². The first-order valence-corrected chi connectivity index (χ1v) is 5.85. The first kappa shape index (κ1) is 9.68. The van der Waals surface area contributed by atoms with Crippen LogP contribution >= 0.6 is 27.3 Å². The minimum absolute atomic E-state index is 0.611. The molecule has 0 saturated heterocycles. The van der Waals surface area contributed by atoms with Crippen molar-refractivity contribution < 1.29 is 0 Å². The number of rotatable bonds is 2. The van der Waals surface area contributed by atoms with Gasteiger partial charge in [0.15, 0.2) is 0 Å². The zero-order chi connectivity index (χ0) is 9.97. The number of nitrogens with zero attached hydrogens (tertiary/aromatic N) is 1. The Kier molecular flexibility index (Phi) is 2.84. The number of hydrogen-bond donors (Lipinski definition) is 1. The van der Waals surface area contributed by atoms with E-state index in [2.05, 4.69) is 33.0 Å². The average molecular weight is 269 g/mol. The molecule has 0 bridgehead atoms. The summed E-state index contributed by atoms with van der Waals surface area (Å²) in [6, 6.07) is 8.22. The number of hydrogen-bond acceptors (Lipinski definition) is 3. The molecule has 0 aliphatic rings. The Bertz CT molecular complexity index is 439. The van der Waals surface area contributed by atoms with Gasteiger partial charge in [-0.25, -0.2) is 4.98 Å². The maximum Gasteiger partial charge on any atom is 0.134 e. The van der Waals surface area contributed by atoms with Crippen molar-refractivity contribution in [3.8, 4) is 0 Å². The largest absolute Gasteiger partial charge is 0.383 e. The summed E-state index contributed by atoms with van der Waals surface area (Å²) in [7, 11) is 0. The Labute approximate surface area is 94.9 Å². The van der Waals surface area contributed by atoms with Gasteiger partial charge in [0.1, 0.15) is 5.82 Å². The lowest BCUT2D eigenvalue weighted by atomic mass is 10.2. The van der Waals surface area contributed by atoms with E-state index in [9.17, 15) is 0 Å². The van der Waals surface area contributed by atoms with Crippen LogP contribution in [0.3, 0.4) is 0 Å². The van der Waals surface area contributed by atoms with Crippen molar-refractivity contribution in [3.05, 3.63) is 44.7 Å². The number of thiazole rings is 1. The van der Waals surface area contributed by atoms with Crippen LogP contribution in [-0.4, -0.2) is 4.98 Å². The fourth-order valence-electron chi connectivity index (χ4n) is 1.23. The smallest absolute Gasteiger partial charge is 0.134 e. The van der Waals surface area contributed by atoms with Crippen LogP contribution < -0.4 is 5.73 Å². The van der Waals surface area contributed by atoms with E-state index in [1.54, 1.807) is 11.3 Å². The summed E-state index contributed by atoms with van der Waals surface area (Å²) >= 11 is 5.04. The van der Waals surface area contributed by atoms with Crippen LogP contribution in [0.5, 0.6) is 0 Å². The molecule has 2 rings (SSSR count). The molecule has 2 aromatic rings. The summed E-state index contributed by atoms with van der Waals surface area (Å²) in [5, 5.41) is 2.92. The lowest BCUT2D eigenvalue weighted by molar-refractivity contribution is 1.14. The Morgan fingerprint density at radius 2 is 2.29 bits per heavy atom. The summed E-state index contributed by atoms with van der Waals surface area (Å²) in [5.74, 6) is 0.611. The van der Waals surface area contributed by atoms with Crippen LogP contribution in [0.4, 0.5) is 5.82 Å². The molecule has 0 spiro atoms. The van der Waals surface area contributed by atoms with Gasteiger partial charge in [0.25, 0.3) is 0 Å². The van der Waals surface area contributed by atoms with E-state index < -0.39 is 0 Å². The van der Waals surface area contributed by atoms with Gasteiger partial charge in [-0.05, 0) is 17.7 Å². The van der Waals surface area contributed by atoms with Crippen molar-refractivity contribution in [1.82, 2.24) is 4.98 Å². The van der Waals surface area contributed by atoms with Gasteiger partial charge in [-0.1, -0.05) is 28.1 Å². The molecule has 2 nitrogen and oxygen atoms in total. The van der Waals surface area contributed by atoms with E-state index in [4.69, 9.17) is 5.73 Å². The second-order valence-corrected chi connectivity index (χ2v) is 4.83. The first-order valence-electron chi connectivity index (χ1n) is 4.18. The highest BCUT2D eigenvalue weighted by atomic mass is 79.9. The average Bonchev–Trinajstić information content (AvgIpc) is 2.51. The maximum absolute atomic E-state index is 5.55. The fourth-order valence-corrected chi connectivity index (χ4v) is 2.39. The number of benzene rings is 1. The van der Waals surface area contributed by atoms with E-state index in [0.717, 1.165) is 15.9 Å². The van der Waals surface area contributed by atoms with Crippen LogP contribution in [0.15, 0.2) is 34.1 Å². The Balaban J connectivity index is 2.18. The molecule has 2 N–H and O–H groups in total. The molecular weight excluding hydrogens is 260 g/mol. The molecule has 1 heterocycles. The molecule has 72 valence electrons. The standard InChI is InChI=1S/C10H9BrN2S/c11-8-3-1-2-7(4-8)5-10-13-9(12)6-14-10/h1-4,6H,5,12H2. The topological polar surface area (TPSA) is 38.9 Å². The van der Waals surface area contributed by atoms with Gasteiger partial charge in [0.2, 0.25) is 0 Å². The highest BCUT2D eigenvalue weighted by molar-refractivity contribution is 9.10. The van der Waals surface area contributed by atoms with E-state index in [1.807, 2.05) is 17.5 Å². The predicted molar refractivity (Wildman–Crippen MR) is 63.5 cm³/mol. The van der Waals surface area contributed by atoms with Gasteiger partial charge in [-0.3, -0.25) is 0 Å². The van der Waals surface area contributed by atoms with Gasteiger partial charge in [-0.15, -0.1) is 11.3 Å². The number of aromatic nitrogens is 1. The van der Waals surface area contributed by atoms with Crippen LogP contribution in [0, 0.1) is 0 Å². The molecule has 0 aliphatic heterocycles. The normalized spacial score (nSPS) is 10.4. The number of nitrogen functional groups attached to an aromatic ring is 1. The summed E-state index contributed by atoms with van der Waals surface area (Å²) in [6.45, 7) is 0. The molecule has 4 heteroatoms. The number of anilines is 1. The molecule has 0 radical (unpaired) electrons. The van der Waals surface area contributed by atoms with Gasteiger partial charge < -0.3 is 5.73 Å². The lowest BCUT2D eigenvalue weighted by Gasteiger charge is -1.97. The predicted octanol–water partition coefficient (Wildman–Crippen LogP) is 3.08. The van der Waals surface area contributed by atoms with Crippen molar-refractivity contribution in [2.24, 2.45) is 0 Å². The number of halogens is 1. The summed E-state index contributed by atoms with van der Waals surface area (Å²) < 4.78 is 1.10. The zero-order valence-electron chi connectivity index (χ0n) is 7.40. The first-order chi connectivity index (χ1) is 6.74. The van der Waals surface area contributed by atoms with E-state index in [-0.39, 0.29) is 0 Å². The van der Waals surface area contributed by atoms with Crippen molar-refractivity contribution in [3.63, 3.8) is 0 Å². The molecule has 1 aromatic carbocycles. The van der Waals surface area contributed by atoms with Crippen LogP contribution in [0.1, 0.15) is 10.6 Å². The van der Waals surface area contributed by atoms with Gasteiger partial charge in [0, 0.05) is 16.3 Å². The Hall–Kier alpha value is -0.870. The summed E-state index contributed by atoms with van der Waals surface area (Å²) in [5.41, 5.74) is 6.80. The van der Waals surface area contributed by atoms with Crippen molar-refractivity contribution in [2.45, 2.75) is 6.42 Å². The van der Waals surface area contributed by atoms with Gasteiger partial charge >= 0.3 is 0 Å². The van der Waals surface area contributed by atoms with Gasteiger partial charge in [0.05, 0.1) is 5.01 Å². The molecular formula is C10H9BrN2S. The van der Waals surface area contributed by atoms with E-state index in [1.165, 1.54) is 5.56 Å². The third-order valence-corrected chi connectivity index (χ3v) is 3.17. The SMILES string of the molecule is Nc1csc(Cc2cccc(Br)c2)n1. The minimum atomic E-state index is 0.611. The van der Waals surface area contributed by atoms with E-state index in [0.29, 0.717) is 5.82 Å². The van der Waals surface area contributed by atoms with Crippen LogP contribution in [0.25, 0.3) is 0 Å². The summed E-state index contributed by atoms with van der Waals surface area (Å²) in [4.78, 5) is 4.22. The molecule has 0 unspecified atom stereocenters. The third-order valence-electron chi connectivity index (χ3n) is 1.81. The molecule has 0 saturated carbocycles. The molecule has 0 aliphatic carbocycles. The summed E-state index contributed by atoms with van der Waals surface area (Å²) in [6.07, 6.45) is 0.849. The highest BCUT2D eigenvalue weighted by Gasteiger charge is 2.01. The third kappa shape index (κ3) is 2.33. The second kappa shape index (κ2) is 4.11. The van der Waals surface area contributed by atoms with Crippen molar-refractivity contribution >= 4 is 33.1 Å². The Morgan fingerprint density at radius 1 is 1.43 bits per heavy atom. The molecule has 0 fully saturated rings. The highest BCUT2D eigenvalue weighted by Crippen LogP contribution is 2.18. The van der Waals surface area contributed by atoms with Crippen molar-refractivity contribution in [2.75, 3.05) is 5.73 Å². The molecule has 0 amide bonds. The second-order valence-electron chi connectivity index (χ2n) is 2.97. The number of nitrogens with two attached hydrogens (primary N) is 1. The van der Waals surface area contributed by atoms with E-state index >= 15 is 0 Å². The monoisotopic (exact) mass is 268 g/mol. The maximum atomic E-state index is 5.55. The van der Waals surface area contributed by atoms with Gasteiger partial charge in [-0.2, -0.15) is 0 Å². The Morgan fingerprint density at radius 3 is 2.93 bits per heavy atom. The minimum Gasteiger partial charge on any atom is -0.383 e. The molecule has 14 heavy (non-hydrogen) atoms.